The maximum absolute atomic E-state index is 11.8. The van der Waals surface area contributed by atoms with Crippen LogP contribution in [0.4, 0.5) is 0 Å². The maximum atomic E-state index is 11.8. The van der Waals surface area contributed by atoms with Crippen molar-refractivity contribution in [3.05, 3.63) is 83.3 Å². The highest BCUT2D eigenvalue weighted by molar-refractivity contribution is 5.95. The van der Waals surface area contributed by atoms with Crippen molar-refractivity contribution in [3.63, 3.8) is 0 Å². The second kappa shape index (κ2) is 10.2. The highest BCUT2D eigenvalue weighted by Gasteiger charge is 2.57. The molecule has 2 aliphatic heterocycles. The number of ether oxygens (including phenoxy) is 3. The number of aromatic nitrogens is 3. The summed E-state index contributed by atoms with van der Waals surface area (Å²) in [6.07, 6.45) is 1.11. The molecule has 9 nitrogen and oxygen atoms in total. The molecule has 4 atom stereocenters. The van der Waals surface area contributed by atoms with E-state index in [1.165, 1.54) is 0 Å². The first-order valence-corrected chi connectivity index (χ1v) is 13.9. The molecule has 3 fully saturated rings. The third-order valence-corrected chi connectivity index (χ3v) is 8.50. The van der Waals surface area contributed by atoms with Crippen LogP contribution in [0.5, 0.6) is 11.6 Å². The first-order valence-electron chi connectivity index (χ1n) is 13.9. The number of benzene rings is 2. The fraction of sp³-hybridized carbons (Fsp3) is 0.387. The molecule has 9 heteroatoms. The van der Waals surface area contributed by atoms with Crippen LogP contribution in [0.1, 0.15) is 39.8 Å². The van der Waals surface area contributed by atoms with E-state index in [1.54, 1.807) is 19.2 Å². The molecule has 40 heavy (non-hydrogen) atoms. The Morgan fingerprint density at radius 3 is 2.58 bits per heavy atom. The Morgan fingerprint density at radius 2 is 1.88 bits per heavy atom. The van der Waals surface area contributed by atoms with Crippen LogP contribution in [0.25, 0.3) is 11.0 Å². The molecule has 2 aromatic carbocycles. The predicted molar refractivity (Wildman–Crippen MR) is 148 cm³/mol. The van der Waals surface area contributed by atoms with Gasteiger partial charge in [0.25, 0.3) is 0 Å². The van der Waals surface area contributed by atoms with Gasteiger partial charge in [-0.1, -0.05) is 36.4 Å². The number of aromatic carboxylic acids is 1. The molecular formula is C31H32N4O5. The number of piperidine rings is 1. The Hall–Kier alpha value is -3.95. The number of carbonyl (C=O) groups is 1. The van der Waals surface area contributed by atoms with Crippen molar-refractivity contribution in [2.24, 2.45) is 11.8 Å². The normalized spacial score (nSPS) is 23.5. The lowest BCUT2D eigenvalue weighted by atomic mass is 10.1. The van der Waals surface area contributed by atoms with E-state index in [0.29, 0.717) is 54.6 Å². The summed E-state index contributed by atoms with van der Waals surface area (Å²) in [4.78, 5) is 24.0. The average molecular weight is 541 g/mol. The number of hydrogen-bond acceptors (Lipinski definition) is 7. The van der Waals surface area contributed by atoms with Crippen LogP contribution in [0.3, 0.4) is 0 Å². The maximum Gasteiger partial charge on any atom is 0.335 e. The lowest BCUT2D eigenvalue weighted by Crippen LogP contribution is -2.33. The highest BCUT2D eigenvalue weighted by atomic mass is 16.5. The zero-order valence-corrected chi connectivity index (χ0v) is 22.4. The van der Waals surface area contributed by atoms with Gasteiger partial charge in [-0.25, -0.2) is 14.8 Å². The Labute approximate surface area is 232 Å². The fourth-order valence-corrected chi connectivity index (χ4v) is 6.29. The number of fused-ring (bicyclic) bond motifs is 2. The molecule has 1 saturated carbocycles. The van der Waals surface area contributed by atoms with E-state index in [2.05, 4.69) is 27.7 Å². The molecule has 4 heterocycles. The van der Waals surface area contributed by atoms with Gasteiger partial charge in [0.1, 0.15) is 23.7 Å². The van der Waals surface area contributed by atoms with E-state index in [0.717, 1.165) is 48.7 Å². The third kappa shape index (κ3) is 4.69. The van der Waals surface area contributed by atoms with Crippen LogP contribution < -0.4 is 9.47 Å². The Kier molecular flexibility index (Phi) is 6.40. The van der Waals surface area contributed by atoms with E-state index < -0.39 is 5.97 Å². The van der Waals surface area contributed by atoms with Crippen LogP contribution in [0.15, 0.2) is 60.7 Å². The number of nitrogens with zero attached hydrogens (tertiary/aromatic N) is 4. The van der Waals surface area contributed by atoms with Crippen LogP contribution in [-0.2, 0) is 24.4 Å². The number of pyridine rings is 1. The van der Waals surface area contributed by atoms with Gasteiger partial charge in [-0.2, -0.15) is 0 Å². The van der Waals surface area contributed by atoms with Crippen molar-refractivity contribution in [2.75, 3.05) is 26.8 Å². The highest BCUT2D eigenvalue weighted by Crippen LogP contribution is 2.58. The largest absolute Gasteiger partial charge is 0.494 e. The topological polar surface area (TPSA) is 98.9 Å². The van der Waals surface area contributed by atoms with Gasteiger partial charge in [0.2, 0.25) is 5.88 Å². The molecule has 4 aromatic rings. The quantitative estimate of drug-likeness (QED) is 0.317. The number of imidazole rings is 1. The molecule has 1 aliphatic carbocycles. The van der Waals surface area contributed by atoms with Gasteiger partial charge in [0.15, 0.2) is 0 Å². The molecule has 0 bridgehead atoms. The van der Waals surface area contributed by atoms with E-state index in [-0.39, 0.29) is 11.7 Å². The van der Waals surface area contributed by atoms with Gasteiger partial charge in [-0.15, -0.1) is 0 Å². The standard InChI is InChI=1S/C31H32N4O5/c1-38-26-13-20(31(36)37)12-25-30(26)33-27(35(25)14-21-10-11-39-21)17-34-15-22-23(16-34)29(22)24-8-5-9-28(32-24)40-18-19-6-3-2-4-7-19/h2-9,12-13,21-23,29H,10-11,14-18H2,1H3,(H,36,37)/t21-,22-,23+,29?/m0/s1. The van der Waals surface area contributed by atoms with Crippen LogP contribution in [0, 0.1) is 11.8 Å². The summed E-state index contributed by atoms with van der Waals surface area (Å²) in [5, 5.41) is 9.65. The first-order chi connectivity index (χ1) is 19.6. The van der Waals surface area contributed by atoms with Crippen molar-refractivity contribution >= 4 is 17.0 Å². The van der Waals surface area contributed by atoms with Crippen LogP contribution in [-0.4, -0.2) is 63.4 Å². The van der Waals surface area contributed by atoms with Gasteiger partial charge in [-0.05, 0) is 42.0 Å². The minimum atomic E-state index is -0.983. The molecule has 2 saturated heterocycles. The number of hydrogen-bond donors (Lipinski definition) is 1. The first kappa shape index (κ1) is 25.0. The number of carboxylic acid groups (broad SMARTS) is 1. The SMILES string of the molecule is COc1cc(C(=O)O)cc2c1nc(CN1C[C@@H]3C(c4cccc(OCc5ccccc5)n4)[C@@H]3C1)n2C[C@@H]1CCO1. The molecule has 1 unspecified atom stereocenters. The predicted octanol–water partition coefficient (Wildman–Crippen LogP) is 4.35. The Morgan fingerprint density at radius 1 is 1.07 bits per heavy atom. The molecule has 206 valence electrons. The molecule has 2 aromatic heterocycles. The minimum absolute atomic E-state index is 0.120. The molecule has 3 aliphatic rings. The fourth-order valence-electron chi connectivity index (χ4n) is 6.29. The summed E-state index contributed by atoms with van der Waals surface area (Å²) in [6.45, 7) is 4.58. The van der Waals surface area contributed by atoms with Crippen molar-refractivity contribution < 1.29 is 24.1 Å². The zero-order valence-electron chi connectivity index (χ0n) is 22.4. The third-order valence-electron chi connectivity index (χ3n) is 8.50. The van der Waals surface area contributed by atoms with Gasteiger partial charge >= 0.3 is 5.97 Å². The monoisotopic (exact) mass is 540 g/mol. The lowest BCUT2D eigenvalue weighted by molar-refractivity contribution is -0.0591. The van der Waals surface area contributed by atoms with Crippen molar-refractivity contribution in [2.45, 2.75) is 38.1 Å². The second-order valence-electron chi connectivity index (χ2n) is 11.0. The van der Waals surface area contributed by atoms with Crippen LogP contribution >= 0.6 is 0 Å². The summed E-state index contributed by atoms with van der Waals surface area (Å²) in [6, 6.07) is 19.5. The number of methoxy groups -OCH3 is 1. The van der Waals surface area contributed by atoms with E-state index in [1.807, 2.05) is 30.3 Å². The Bertz CT molecular complexity index is 1540. The smallest absolute Gasteiger partial charge is 0.335 e. The molecule has 0 amide bonds. The van der Waals surface area contributed by atoms with Crippen molar-refractivity contribution in [1.29, 1.82) is 0 Å². The summed E-state index contributed by atoms with van der Waals surface area (Å²) in [5.41, 5.74) is 3.90. The number of likely N-dealkylation sites (tertiary alicyclic amines) is 1. The summed E-state index contributed by atoms with van der Waals surface area (Å²) in [7, 11) is 1.55. The summed E-state index contributed by atoms with van der Waals surface area (Å²) in [5.74, 6) is 2.67. The average Bonchev–Trinajstić information content (AvgIpc) is 3.26. The van der Waals surface area contributed by atoms with Crippen molar-refractivity contribution in [1.82, 2.24) is 19.4 Å². The molecule has 0 spiro atoms. The summed E-state index contributed by atoms with van der Waals surface area (Å²) < 4.78 is 19.4. The van der Waals surface area contributed by atoms with E-state index in [4.69, 9.17) is 24.2 Å². The lowest BCUT2D eigenvalue weighted by Gasteiger charge is -2.28. The van der Waals surface area contributed by atoms with Crippen molar-refractivity contribution in [3.8, 4) is 11.6 Å². The van der Waals surface area contributed by atoms with Gasteiger partial charge in [-0.3, -0.25) is 4.90 Å². The second-order valence-corrected chi connectivity index (χ2v) is 11.0. The van der Waals surface area contributed by atoms with Gasteiger partial charge in [0, 0.05) is 37.4 Å². The molecule has 1 N–H and O–H groups in total. The number of carboxylic acids is 1. The van der Waals surface area contributed by atoms with Gasteiger partial charge < -0.3 is 23.9 Å². The van der Waals surface area contributed by atoms with Crippen LogP contribution in [0.2, 0.25) is 0 Å². The minimum Gasteiger partial charge on any atom is -0.494 e. The zero-order chi connectivity index (χ0) is 27.2. The van der Waals surface area contributed by atoms with E-state index >= 15 is 0 Å². The Balaban J connectivity index is 1.06. The van der Waals surface area contributed by atoms with E-state index in [9.17, 15) is 9.90 Å². The summed E-state index contributed by atoms with van der Waals surface area (Å²) >= 11 is 0. The molecular weight excluding hydrogens is 508 g/mol. The van der Waals surface area contributed by atoms with Gasteiger partial charge in [0.05, 0.1) is 37.4 Å². The molecule has 0 radical (unpaired) electrons. The number of rotatable bonds is 10. The molecule has 7 rings (SSSR count).